The zero-order valence-electron chi connectivity index (χ0n) is 10.8. The summed E-state index contributed by atoms with van der Waals surface area (Å²) in [6.07, 6.45) is 0.925. The van der Waals surface area contributed by atoms with E-state index in [4.69, 9.17) is 22.1 Å². The molecule has 0 saturated carbocycles. The Morgan fingerprint density at radius 3 is 2.58 bits per heavy atom. The Labute approximate surface area is 118 Å². The van der Waals surface area contributed by atoms with Crippen LogP contribution in [0, 0.1) is 0 Å². The Kier molecular flexibility index (Phi) is 4.53. The molecule has 0 amide bonds. The number of benzene rings is 2. The highest BCUT2D eigenvalue weighted by Crippen LogP contribution is 2.22. The van der Waals surface area contributed by atoms with E-state index in [9.17, 15) is 0 Å². The molecule has 0 unspecified atom stereocenters. The van der Waals surface area contributed by atoms with Crippen molar-refractivity contribution in [3.8, 4) is 5.75 Å². The lowest BCUT2D eigenvalue weighted by Gasteiger charge is -2.09. The molecule has 0 aliphatic heterocycles. The number of methoxy groups -OCH3 is 1. The fraction of sp³-hybridized carbons (Fsp3) is 0.200. The molecule has 4 heteroatoms. The summed E-state index contributed by atoms with van der Waals surface area (Å²) < 4.78 is 5.18. The van der Waals surface area contributed by atoms with Crippen molar-refractivity contribution in [2.75, 3.05) is 24.7 Å². The third kappa shape index (κ3) is 4.07. The quantitative estimate of drug-likeness (QED) is 0.821. The van der Waals surface area contributed by atoms with Crippen LogP contribution in [-0.2, 0) is 6.42 Å². The summed E-state index contributed by atoms with van der Waals surface area (Å²) in [5.41, 5.74) is 8.70. The molecule has 0 heterocycles. The van der Waals surface area contributed by atoms with Gasteiger partial charge >= 0.3 is 0 Å². The van der Waals surface area contributed by atoms with Crippen molar-refractivity contribution in [1.82, 2.24) is 0 Å². The van der Waals surface area contributed by atoms with Crippen LogP contribution in [0.15, 0.2) is 42.5 Å². The minimum atomic E-state index is 0.688. The molecule has 0 fully saturated rings. The zero-order valence-corrected chi connectivity index (χ0v) is 11.6. The number of nitrogens with two attached hydrogens (primary N) is 1. The van der Waals surface area contributed by atoms with E-state index in [2.05, 4.69) is 5.32 Å². The van der Waals surface area contributed by atoms with Crippen LogP contribution in [0.5, 0.6) is 5.75 Å². The number of anilines is 2. The molecule has 19 heavy (non-hydrogen) atoms. The summed E-state index contributed by atoms with van der Waals surface area (Å²) in [4.78, 5) is 0. The van der Waals surface area contributed by atoms with Gasteiger partial charge in [-0.15, -0.1) is 0 Å². The summed E-state index contributed by atoms with van der Waals surface area (Å²) in [5.74, 6) is 0.758. The fourth-order valence-electron chi connectivity index (χ4n) is 1.84. The minimum absolute atomic E-state index is 0.688. The molecule has 3 nitrogen and oxygen atoms in total. The van der Waals surface area contributed by atoms with Gasteiger partial charge in [-0.2, -0.15) is 0 Å². The molecule has 100 valence electrons. The van der Waals surface area contributed by atoms with Crippen LogP contribution in [0.3, 0.4) is 0 Å². The van der Waals surface area contributed by atoms with Gasteiger partial charge in [0.15, 0.2) is 0 Å². The second-order valence-corrected chi connectivity index (χ2v) is 4.73. The zero-order chi connectivity index (χ0) is 13.7. The van der Waals surface area contributed by atoms with Gasteiger partial charge in [-0.25, -0.2) is 0 Å². The SMILES string of the molecule is COc1cc(N)cc(NCCc2ccc(Cl)cc2)c1. The van der Waals surface area contributed by atoms with Crippen molar-refractivity contribution >= 4 is 23.0 Å². The molecular weight excluding hydrogens is 260 g/mol. The maximum absolute atomic E-state index is 5.85. The number of hydrogen-bond donors (Lipinski definition) is 2. The highest BCUT2D eigenvalue weighted by Gasteiger charge is 1.99. The van der Waals surface area contributed by atoms with E-state index in [1.807, 2.05) is 36.4 Å². The highest BCUT2D eigenvalue weighted by molar-refractivity contribution is 6.30. The van der Waals surface area contributed by atoms with E-state index >= 15 is 0 Å². The first-order valence-corrected chi connectivity index (χ1v) is 6.48. The first kappa shape index (κ1) is 13.6. The summed E-state index contributed by atoms with van der Waals surface area (Å²) >= 11 is 5.85. The van der Waals surface area contributed by atoms with Gasteiger partial charge in [0.2, 0.25) is 0 Å². The molecule has 2 aromatic rings. The molecule has 0 saturated heterocycles. The monoisotopic (exact) mass is 276 g/mol. The van der Waals surface area contributed by atoms with Crippen LogP contribution in [0.1, 0.15) is 5.56 Å². The standard InChI is InChI=1S/C15H17ClN2O/c1-19-15-9-13(17)8-14(10-15)18-7-6-11-2-4-12(16)5-3-11/h2-5,8-10,18H,6-7,17H2,1H3. The molecule has 2 rings (SSSR count). The Morgan fingerprint density at radius 1 is 1.16 bits per heavy atom. The maximum Gasteiger partial charge on any atom is 0.122 e. The Balaban J connectivity index is 1.92. The van der Waals surface area contributed by atoms with E-state index in [0.717, 1.165) is 29.4 Å². The molecule has 0 aromatic heterocycles. The molecule has 0 aliphatic rings. The van der Waals surface area contributed by atoms with Gasteiger partial charge < -0.3 is 15.8 Å². The van der Waals surface area contributed by atoms with Crippen molar-refractivity contribution in [3.05, 3.63) is 53.1 Å². The van der Waals surface area contributed by atoms with Gasteiger partial charge in [0.1, 0.15) is 5.75 Å². The average molecular weight is 277 g/mol. The van der Waals surface area contributed by atoms with E-state index in [0.29, 0.717) is 5.69 Å². The minimum Gasteiger partial charge on any atom is -0.497 e. The lowest BCUT2D eigenvalue weighted by Crippen LogP contribution is -2.05. The van der Waals surface area contributed by atoms with Crippen molar-refractivity contribution in [1.29, 1.82) is 0 Å². The Morgan fingerprint density at radius 2 is 1.89 bits per heavy atom. The molecule has 0 aliphatic carbocycles. The molecule has 0 atom stereocenters. The van der Waals surface area contributed by atoms with Crippen LogP contribution in [0.4, 0.5) is 11.4 Å². The summed E-state index contributed by atoms with van der Waals surface area (Å²) in [7, 11) is 1.63. The van der Waals surface area contributed by atoms with Gasteiger partial charge in [-0.1, -0.05) is 23.7 Å². The van der Waals surface area contributed by atoms with Crippen LogP contribution in [-0.4, -0.2) is 13.7 Å². The number of rotatable bonds is 5. The van der Waals surface area contributed by atoms with Crippen molar-refractivity contribution in [3.63, 3.8) is 0 Å². The van der Waals surface area contributed by atoms with Crippen LogP contribution in [0.25, 0.3) is 0 Å². The van der Waals surface area contributed by atoms with Crippen LogP contribution < -0.4 is 15.8 Å². The second-order valence-electron chi connectivity index (χ2n) is 4.30. The number of ether oxygens (including phenoxy) is 1. The van der Waals surface area contributed by atoms with Gasteiger partial charge in [0.25, 0.3) is 0 Å². The third-order valence-electron chi connectivity index (χ3n) is 2.82. The first-order valence-electron chi connectivity index (χ1n) is 6.10. The maximum atomic E-state index is 5.85. The lowest BCUT2D eigenvalue weighted by molar-refractivity contribution is 0.415. The molecule has 0 radical (unpaired) electrons. The number of nitrogens with one attached hydrogen (secondary N) is 1. The second kappa shape index (κ2) is 6.34. The van der Waals surface area contributed by atoms with Crippen molar-refractivity contribution < 1.29 is 4.74 Å². The molecule has 0 bridgehead atoms. The molecule has 0 spiro atoms. The van der Waals surface area contributed by atoms with Gasteiger partial charge in [-0.05, 0) is 30.2 Å². The lowest BCUT2D eigenvalue weighted by atomic mass is 10.1. The third-order valence-corrected chi connectivity index (χ3v) is 3.07. The first-order chi connectivity index (χ1) is 9.17. The predicted octanol–water partition coefficient (Wildman–Crippen LogP) is 3.59. The van der Waals surface area contributed by atoms with Crippen LogP contribution >= 0.6 is 11.6 Å². The van der Waals surface area contributed by atoms with Gasteiger partial charge in [-0.3, -0.25) is 0 Å². The number of hydrogen-bond acceptors (Lipinski definition) is 3. The average Bonchev–Trinajstić information content (AvgIpc) is 2.40. The number of halogens is 1. The van der Waals surface area contributed by atoms with Crippen molar-refractivity contribution in [2.45, 2.75) is 6.42 Å². The molecule has 2 aromatic carbocycles. The molecular formula is C15H17ClN2O. The van der Waals surface area contributed by atoms with Gasteiger partial charge in [0, 0.05) is 35.1 Å². The largest absolute Gasteiger partial charge is 0.497 e. The topological polar surface area (TPSA) is 47.3 Å². The fourth-order valence-corrected chi connectivity index (χ4v) is 1.97. The summed E-state index contributed by atoms with van der Waals surface area (Å²) in [5, 5.41) is 4.09. The van der Waals surface area contributed by atoms with E-state index < -0.39 is 0 Å². The van der Waals surface area contributed by atoms with Crippen LogP contribution in [0.2, 0.25) is 5.02 Å². The Bertz CT molecular complexity index is 540. The Hall–Kier alpha value is -1.87. The summed E-state index contributed by atoms with van der Waals surface area (Å²) in [6.45, 7) is 0.828. The van der Waals surface area contributed by atoms with E-state index in [-0.39, 0.29) is 0 Å². The van der Waals surface area contributed by atoms with E-state index in [1.54, 1.807) is 13.2 Å². The van der Waals surface area contributed by atoms with Gasteiger partial charge in [0.05, 0.1) is 7.11 Å². The molecule has 3 N–H and O–H groups in total. The van der Waals surface area contributed by atoms with Crippen molar-refractivity contribution in [2.24, 2.45) is 0 Å². The highest BCUT2D eigenvalue weighted by atomic mass is 35.5. The predicted molar refractivity (Wildman–Crippen MR) is 81.1 cm³/mol. The van der Waals surface area contributed by atoms with E-state index in [1.165, 1.54) is 5.56 Å². The number of nitrogen functional groups attached to an aromatic ring is 1. The smallest absolute Gasteiger partial charge is 0.122 e. The summed E-state index contributed by atoms with van der Waals surface area (Å²) in [6, 6.07) is 13.5. The normalized spacial score (nSPS) is 10.2.